The molecule has 0 bridgehead atoms. The van der Waals surface area contributed by atoms with Crippen LogP contribution in [0.3, 0.4) is 0 Å². The highest BCUT2D eigenvalue weighted by molar-refractivity contribution is 5.81. The summed E-state index contributed by atoms with van der Waals surface area (Å²) in [5.41, 5.74) is -0.393. The molecule has 120 valence electrons. The smallest absolute Gasteiger partial charge is 0.330 e. The normalized spacial score (nSPS) is 22.4. The van der Waals surface area contributed by atoms with E-state index in [2.05, 4.69) is 6.58 Å². The van der Waals surface area contributed by atoms with Crippen LogP contribution >= 0.6 is 0 Å². The van der Waals surface area contributed by atoms with Gasteiger partial charge in [-0.2, -0.15) is 0 Å². The molecule has 0 aromatic heterocycles. The first-order chi connectivity index (χ1) is 9.89. The summed E-state index contributed by atoms with van der Waals surface area (Å²) >= 11 is 0. The van der Waals surface area contributed by atoms with Gasteiger partial charge in [0.05, 0.1) is 18.6 Å². The lowest BCUT2D eigenvalue weighted by molar-refractivity contribution is -0.156. The summed E-state index contributed by atoms with van der Waals surface area (Å²) in [4.78, 5) is 22.9. The molecule has 0 spiro atoms. The number of hydrogen-bond acceptors (Lipinski definition) is 4. The van der Waals surface area contributed by atoms with Gasteiger partial charge in [-0.05, 0) is 57.8 Å². The fourth-order valence-electron chi connectivity index (χ4n) is 2.36. The Morgan fingerprint density at radius 3 is 2.00 bits per heavy atom. The molecule has 1 rings (SSSR count). The molecular weight excluding hydrogens is 268 g/mol. The van der Waals surface area contributed by atoms with Crippen molar-refractivity contribution in [2.24, 2.45) is 17.3 Å². The molecule has 1 aliphatic rings. The molecular formula is C17H28O4. The largest absolute Gasteiger partial charge is 0.465 e. The van der Waals surface area contributed by atoms with E-state index < -0.39 is 5.41 Å². The van der Waals surface area contributed by atoms with Crippen LogP contribution in [0.1, 0.15) is 52.9 Å². The molecule has 1 saturated carbocycles. The molecule has 0 aliphatic heterocycles. The maximum absolute atomic E-state index is 11.9. The first-order valence-electron chi connectivity index (χ1n) is 7.85. The molecule has 0 amide bonds. The topological polar surface area (TPSA) is 52.6 Å². The summed E-state index contributed by atoms with van der Waals surface area (Å²) in [6.45, 7) is 10.2. The molecule has 0 heterocycles. The van der Waals surface area contributed by atoms with Gasteiger partial charge in [0, 0.05) is 6.08 Å². The van der Waals surface area contributed by atoms with E-state index in [0.717, 1.165) is 32.1 Å². The van der Waals surface area contributed by atoms with E-state index >= 15 is 0 Å². The summed E-state index contributed by atoms with van der Waals surface area (Å²) < 4.78 is 10.5. The molecule has 4 nitrogen and oxygen atoms in total. The summed E-state index contributed by atoms with van der Waals surface area (Å²) in [6.07, 6.45) is 6.06. The lowest BCUT2D eigenvalue weighted by Gasteiger charge is -2.29. The van der Waals surface area contributed by atoms with Gasteiger partial charge in [0.15, 0.2) is 0 Å². The van der Waals surface area contributed by atoms with E-state index in [1.165, 1.54) is 6.08 Å². The van der Waals surface area contributed by atoms with Gasteiger partial charge in [-0.25, -0.2) is 4.79 Å². The number of carbonyl (C=O) groups is 2. The van der Waals surface area contributed by atoms with Crippen LogP contribution in [0.5, 0.6) is 0 Å². The lowest BCUT2D eigenvalue weighted by Crippen LogP contribution is -2.29. The molecule has 0 aromatic carbocycles. The van der Waals surface area contributed by atoms with Crippen LogP contribution in [-0.2, 0) is 19.1 Å². The Labute approximate surface area is 127 Å². The summed E-state index contributed by atoms with van der Waals surface area (Å²) in [5, 5.41) is 0. The van der Waals surface area contributed by atoms with E-state index in [1.807, 2.05) is 20.8 Å². The van der Waals surface area contributed by atoms with Crippen molar-refractivity contribution in [1.29, 1.82) is 0 Å². The predicted octanol–water partition coefficient (Wildman–Crippen LogP) is 3.50. The Morgan fingerprint density at radius 1 is 1.10 bits per heavy atom. The van der Waals surface area contributed by atoms with Crippen LogP contribution in [-0.4, -0.2) is 25.2 Å². The van der Waals surface area contributed by atoms with Crippen molar-refractivity contribution in [3.05, 3.63) is 12.7 Å². The minimum Gasteiger partial charge on any atom is -0.465 e. The highest BCUT2D eigenvalue weighted by Crippen LogP contribution is 2.30. The van der Waals surface area contributed by atoms with Crippen molar-refractivity contribution in [2.45, 2.75) is 52.9 Å². The quantitative estimate of drug-likeness (QED) is 0.533. The molecule has 21 heavy (non-hydrogen) atoms. The Bertz CT molecular complexity index is 365. The first-order valence-corrected chi connectivity index (χ1v) is 7.85. The average molecular weight is 296 g/mol. The van der Waals surface area contributed by atoms with Crippen molar-refractivity contribution < 1.29 is 19.1 Å². The minimum atomic E-state index is -0.393. The van der Waals surface area contributed by atoms with Crippen molar-refractivity contribution in [3.63, 3.8) is 0 Å². The van der Waals surface area contributed by atoms with Crippen LogP contribution in [0.15, 0.2) is 12.7 Å². The number of ether oxygens (including phenoxy) is 2. The SMILES string of the molecule is C=CC(=O)OCC1CCC(COC(=O)C(C)(C)CC)CC1. The molecule has 4 heteroatoms. The summed E-state index contributed by atoms with van der Waals surface area (Å²) in [6, 6.07) is 0. The van der Waals surface area contributed by atoms with E-state index in [-0.39, 0.29) is 11.9 Å². The van der Waals surface area contributed by atoms with E-state index in [9.17, 15) is 9.59 Å². The molecule has 0 saturated heterocycles. The maximum atomic E-state index is 11.9. The highest BCUT2D eigenvalue weighted by atomic mass is 16.5. The number of carbonyl (C=O) groups excluding carboxylic acids is 2. The van der Waals surface area contributed by atoms with Crippen LogP contribution in [0.25, 0.3) is 0 Å². The molecule has 0 unspecified atom stereocenters. The molecule has 0 aromatic rings. The van der Waals surface area contributed by atoms with Crippen LogP contribution in [0.4, 0.5) is 0 Å². The van der Waals surface area contributed by atoms with Crippen molar-refractivity contribution in [1.82, 2.24) is 0 Å². The standard InChI is InChI=1S/C17H28O4/c1-5-15(18)20-11-13-7-9-14(10-8-13)12-21-16(19)17(3,4)6-2/h5,13-14H,1,6-12H2,2-4H3. The fourth-order valence-corrected chi connectivity index (χ4v) is 2.36. The zero-order valence-electron chi connectivity index (χ0n) is 13.5. The number of rotatable bonds is 7. The van der Waals surface area contributed by atoms with E-state index in [4.69, 9.17) is 9.47 Å². The predicted molar refractivity (Wildman–Crippen MR) is 81.6 cm³/mol. The van der Waals surface area contributed by atoms with Gasteiger partial charge in [-0.1, -0.05) is 13.5 Å². The Balaban J connectivity index is 2.23. The van der Waals surface area contributed by atoms with Gasteiger partial charge >= 0.3 is 11.9 Å². The van der Waals surface area contributed by atoms with E-state index in [1.54, 1.807) is 0 Å². The Hall–Kier alpha value is -1.32. The molecule has 0 N–H and O–H groups in total. The average Bonchev–Trinajstić information content (AvgIpc) is 2.50. The molecule has 0 radical (unpaired) electrons. The van der Waals surface area contributed by atoms with Gasteiger partial charge in [0.2, 0.25) is 0 Å². The van der Waals surface area contributed by atoms with Gasteiger partial charge in [0.1, 0.15) is 0 Å². The van der Waals surface area contributed by atoms with Gasteiger partial charge in [-0.15, -0.1) is 0 Å². The third kappa shape index (κ3) is 5.90. The maximum Gasteiger partial charge on any atom is 0.330 e. The van der Waals surface area contributed by atoms with Crippen molar-refractivity contribution in [2.75, 3.05) is 13.2 Å². The highest BCUT2D eigenvalue weighted by Gasteiger charge is 2.29. The second kappa shape index (κ2) is 8.20. The minimum absolute atomic E-state index is 0.105. The third-order valence-electron chi connectivity index (χ3n) is 4.48. The van der Waals surface area contributed by atoms with Gasteiger partial charge in [-0.3, -0.25) is 4.79 Å². The fraction of sp³-hybridized carbons (Fsp3) is 0.765. The van der Waals surface area contributed by atoms with Crippen LogP contribution in [0, 0.1) is 17.3 Å². The third-order valence-corrected chi connectivity index (χ3v) is 4.48. The Kier molecular flexibility index (Phi) is 6.93. The molecule has 1 fully saturated rings. The second-order valence-corrected chi connectivity index (χ2v) is 6.56. The zero-order valence-corrected chi connectivity index (χ0v) is 13.5. The lowest BCUT2D eigenvalue weighted by atomic mass is 9.83. The van der Waals surface area contributed by atoms with Crippen LogP contribution < -0.4 is 0 Å². The Morgan fingerprint density at radius 2 is 1.57 bits per heavy atom. The van der Waals surface area contributed by atoms with Crippen molar-refractivity contribution in [3.8, 4) is 0 Å². The van der Waals surface area contributed by atoms with E-state index in [0.29, 0.717) is 25.0 Å². The van der Waals surface area contributed by atoms with Crippen LogP contribution in [0.2, 0.25) is 0 Å². The summed E-state index contributed by atoms with van der Waals surface area (Å²) in [7, 11) is 0. The molecule has 1 aliphatic carbocycles. The first kappa shape index (κ1) is 17.7. The zero-order chi connectivity index (χ0) is 15.9. The van der Waals surface area contributed by atoms with Crippen molar-refractivity contribution >= 4 is 11.9 Å². The number of hydrogen-bond donors (Lipinski definition) is 0. The van der Waals surface area contributed by atoms with Gasteiger partial charge < -0.3 is 9.47 Å². The molecule has 0 atom stereocenters. The summed E-state index contributed by atoms with van der Waals surface area (Å²) in [5.74, 6) is 0.404. The monoisotopic (exact) mass is 296 g/mol. The second-order valence-electron chi connectivity index (χ2n) is 6.56. The number of esters is 2. The van der Waals surface area contributed by atoms with Gasteiger partial charge in [0.25, 0.3) is 0 Å².